The van der Waals surface area contributed by atoms with Gasteiger partial charge in [-0.2, -0.15) is 0 Å². The van der Waals surface area contributed by atoms with E-state index >= 15 is 0 Å². The lowest BCUT2D eigenvalue weighted by Gasteiger charge is -2.12. The van der Waals surface area contributed by atoms with Gasteiger partial charge in [0, 0.05) is 15.1 Å². The van der Waals surface area contributed by atoms with E-state index < -0.39 is 5.97 Å². The van der Waals surface area contributed by atoms with Crippen molar-refractivity contribution in [3.8, 4) is 16.9 Å². The number of hydrogen-bond donors (Lipinski definition) is 1. The molecule has 170 valence electrons. The van der Waals surface area contributed by atoms with E-state index in [0.717, 1.165) is 26.2 Å². The first kappa shape index (κ1) is 23.9. The van der Waals surface area contributed by atoms with Gasteiger partial charge in [0.25, 0.3) is 0 Å². The van der Waals surface area contributed by atoms with E-state index in [2.05, 4.69) is 88.7 Å². The van der Waals surface area contributed by atoms with E-state index in [1.807, 2.05) is 24.3 Å². The Morgan fingerprint density at radius 1 is 0.824 bits per heavy atom. The highest BCUT2D eigenvalue weighted by molar-refractivity contribution is 9.10. The predicted molar refractivity (Wildman–Crippen MR) is 143 cm³/mol. The van der Waals surface area contributed by atoms with E-state index in [4.69, 9.17) is 9.84 Å². The quantitative estimate of drug-likeness (QED) is 0.224. The summed E-state index contributed by atoms with van der Waals surface area (Å²) in [7, 11) is 0. The van der Waals surface area contributed by atoms with Gasteiger partial charge in [0.2, 0.25) is 0 Å². The monoisotopic (exact) mass is 530 g/mol. The van der Waals surface area contributed by atoms with Crippen molar-refractivity contribution >= 4 is 39.2 Å². The molecule has 0 bridgehead atoms. The third-order valence-electron chi connectivity index (χ3n) is 5.19. The Morgan fingerprint density at radius 3 is 2.15 bits per heavy atom. The van der Waals surface area contributed by atoms with E-state index in [9.17, 15) is 4.79 Å². The van der Waals surface area contributed by atoms with E-state index in [-0.39, 0.29) is 6.61 Å². The molecule has 5 heteroatoms. The summed E-state index contributed by atoms with van der Waals surface area (Å²) in [6.45, 7) is -0.340. The molecule has 4 aromatic carbocycles. The number of thioether (sulfide) groups is 1. The average Bonchev–Trinajstić information content (AvgIpc) is 2.87. The Bertz CT molecular complexity index is 1270. The molecule has 34 heavy (non-hydrogen) atoms. The van der Waals surface area contributed by atoms with Gasteiger partial charge in [-0.15, -0.1) is 11.8 Å². The Labute approximate surface area is 212 Å². The highest BCUT2D eigenvalue weighted by Gasteiger charge is 2.09. The third kappa shape index (κ3) is 6.40. The molecule has 0 aliphatic heterocycles. The molecular formula is C29H23BrO3S. The molecule has 0 heterocycles. The van der Waals surface area contributed by atoms with Crippen molar-refractivity contribution in [2.24, 2.45) is 0 Å². The minimum Gasteiger partial charge on any atom is -0.482 e. The fourth-order valence-electron chi connectivity index (χ4n) is 3.53. The van der Waals surface area contributed by atoms with Crippen LogP contribution in [0.2, 0.25) is 0 Å². The molecule has 0 unspecified atom stereocenters. The molecule has 0 aliphatic rings. The Hall–Kier alpha value is -3.28. The number of aliphatic carboxylic acids is 1. The lowest BCUT2D eigenvalue weighted by molar-refractivity contribution is -0.139. The molecule has 4 rings (SSSR count). The van der Waals surface area contributed by atoms with Crippen molar-refractivity contribution in [1.82, 2.24) is 0 Å². The lowest BCUT2D eigenvalue weighted by atomic mass is 9.95. The van der Waals surface area contributed by atoms with Crippen LogP contribution < -0.4 is 4.74 Å². The van der Waals surface area contributed by atoms with Crippen LogP contribution in [-0.4, -0.2) is 23.4 Å². The molecule has 0 radical (unpaired) electrons. The first-order chi connectivity index (χ1) is 16.6. The maximum atomic E-state index is 10.7. The maximum absolute atomic E-state index is 10.7. The van der Waals surface area contributed by atoms with Crippen LogP contribution in [0, 0.1) is 0 Å². The van der Waals surface area contributed by atoms with Gasteiger partial charge < -0.3 is 9.84 Å². The molecule has 0 spiro atoms. The molecule has 1 N–H and O–H groups in total. The lowest BCUT2D eigenvalue weighted by Crippen LogP contribution is -2.09. The van der Waals surface area contributed by atoms with E-state index in [1.54, 1.807) is 23.9 Å². The second kappa shape index (κ2) is 11.7. The van der Waals surface area contributed by atoms with Gasteiger partial charge in [-0.25, -0.2) is 4.79 Å². The molecule has 3 nitrogen and oxygen atoms in total. The van der Waals surface area contributed by atoms with Gasteiger partial charge in [0.05, 0.1) is 0 Å². The standard InChI is InChI=1S/C29H23BrO3S/c30-28-9-5-4-8-27(28)26(23-12-10-22(11-13-23)21-6-2-1-3-7-21)18-19-34-25-16-14-24(15-17-25)33-20-29(31)32/h1-18H,19-20H2,(H,31,32)/b26-18-. The number of halogens is 1. The van der Waals surface area contributed by atoms with Crippen molar-refractivity contribution in [3.63, 3.8) is 0 Å². The number of hydrogen-bond acceptors (Lipinski definition) is 3. The van der Waals surface area contributed by atoms with Crippen molar-refractivity contribution in [2.75, 3.05) is 12.4 Å². The summed E-state index contributed by atoms with van der Waals surface area (Å²) in [6, 6.07) is 34.8. The third-order valence-corrected chi connectivity index (χ3v) is 6.82. The van der Waals surface area contributed by atoms with Crippen LogP contribution >= 0.6 is 27.7 Å². The Kier molecular flexibility index (Phi) is 8.23. The molecule has 0 fully saturated rings. The maximum Gasteiger partial charge on any atom is 0.341 e. The second-order valence-corrected chi connectivity index (χ2v) is 9.45. The minimum atomic E-state index is -0.986. The number of carboxylic acid groups (broad SMARTS) is 1. The molecule has 0 atom stereocenters. The molecule has 0 aliphatic carbocycles. The van der Waals surface area contributed by atoms with Gasteiger partial charge in [0.15, 0.2) is 6.61 Å². The zero-order valence-electron chi connectivity index (χ0n) is 18.4. The van der Waals surface area contributed by atoms with Crippen molar-refractivity contribution in [1.29, 1.82) is 0 Å². The smallest absolute Gasteiger partial charge is 0.341 e. The van der Waals surface area contributed by atoms with Crippen LogP contribution in [0.5, 0.6) is 5.75 Å². The molecule has 0 saturated carbocycles. The van der Waals surface area contributed by atoms with Gasteiger partial charge in [-0.1, -0.05) is 94.8 Å². The van der Waals surface area contributed by atoms with Crippen LogP contribution in [0.25, 0.3) is 16.7 Å². The topological polar surface area (TPSA) is 46.5 Å². The summed E-state index contributed by atoms with van der Waals surface area (Å²) in [5.74, 6) is 0.349. The summed E-state index contributed by atoms with van der Waals surface area (Å²) in [4.78, 5) is 11.7. The normalized spacial score (nSPS) is 11.3. The van der Waals surface area contributed by atoms with Crippen LogP contribution in [0.15, 0.2) is 119 Å². The number of ether oxygens (including phenoxy) is 1. The summed E-state index contributed by atoms with van der Waals surface area (Å²) in [5, 5.41) is 8.74. The zero-order valence-corrected chi connectivity index (χ0v) is 20.8. The first-order valence-electron chi connectivity index (χ1n) is 10.8. The van der Waals surface area contributed by atoms with Crippen molar-refractivity contribution < 1.29 is 14.6 Å². The van der Waals surface area contributed by atoms with Gasteiger partial charge in [-0.05, 0) is 58.2 Å². The average molecular weight is 531 g/mol. The SMILES string of the molecule is O=C(O)COc1ccc(SC/C=C(/c2ccc(-c3ccccc3)cc2)c2ccccc2Br)cc1. The van der Waals surface area contributed by atoms with Crippen molar-refractivity contribution in [3.05, 3.63) is 125 Å². The van der Waals surface area contributed by atoms with E-state index in [0.29, 0.717) is 5.75 Å². The molecule has 0 aromatic heterocycles. The predicted octanol–water partition coefficient (Wildman–Crippen LogP) is 7.80. The van der Waals surface area contributed by atoms with E-state index in [1.165, 1.54) is 16.7 Å². The first-order valence-corrected chi connectivity index (χ1v) is 12.6. The second-order valence-electron chi connectivity index (χ2n) is 7.51. The fraction of sp³-hybridized carbons (Fsp3) is 0.0690. The van der Waals surface area contributed by atoms with Crippen LogP contribution in [-0.2, 0) is 4.79 Å². The largest absolute Gasteiger partial charge is 0.482 e. The Balaban J connectivity index is 1.54. The number of carbonyl (C=O) groups is 1. The number of rotatable bonds is 9. The highest BCUT2D eigenvalue weighted by atomic mass is 79.9. The highest BCUT2D eigenvalue weighted by Crippen LogP contribution is 2.32. The molecule has 0 amide bonds. The van der Waals surface area contributed by atoms with Gasteiger partial charge in [-0.3, -0.25) is 0 Å². The minimum absolute atomic E-state index is 0.340. The fourth-order valence-corrected chi connectivity index (χ4v) is 4.80. The number of benzene rings is 4. The van der Waals surface area contributed by atoms with Crippen LogP contribution in [0.3, 0.4) is 0 Å². The Morgan fingerprint density at radius 2 is 1.47 bits per heavy atom. The number of carboxylic acids is 1. The van der Waals surface area contributed by atoms with Gasteiger partial charge >= 0.3 is 5.97 Å². The zero-order chi connectivity index (χ0) is 23.8. The van der Waals surface area contributed by atoms with Crippen LogP contribution in [0.4, 0.5) is 0 Å². The summed E-state index contributed by atoms with van der Waals surface area (Å²) in [5.41, 5.74) is 5.86. The van der Waals surface area contributed by atoms with Crippen LogP contribution in [0.1, 0.15) is 11.1 Å². The molecule has 0 saturated heterocycles. The summed E-state index contributed by atoms with van der Waals surface area (Å²) in [6.07, 6.45) is 2.25. The van der Waals surface area contributed by atoms with Crippen molar-refractivity contribution in [2.45, 2.75) is 4.90 Å². The summed E-state index contributed by atoms with van der Waals surface area (Å²) >= 11 is 5.43. The van der Waals surface area contributed by atoms with Gasteiger partial charge in [0.1, 0.15) is 5.75 Å². The molecule has 4 aromatic rings. The molecular weight excluding hydrogens is 508 g/mol. The summed E-state index contributed by atoms with van der Waals surface area (Å²) < 4.78 is 6.26.